The molecule has 0 spiro atoms. The average molecular weight is 442 g/mol. The first-order valence-corrected chi connectivity index (χ1v) is 13.0. The molecule has 0 amide bonds. The summed E-state index contributed by atoms with van der Waals surface area (Å²) in [5.41, 5.74) is 1.82. The molecule has 3 nitrogen and oxygen atoms in total. The molecular formula is C28H28NO2P. The Bertz CT molecular complexity index is 1070. The number of nitrogens with zero attached hydrogens (tertiary/aromatic N) is 1. The molecule has 32 heavy (non-hydrogen) atoms. The molecule has 4 heteroatoms. The minimum absolute atomic E-state index is 0.0109. The Labute approximate surface area is 190 Å². The number of phenolic OH excluding ortho intramolecular Hbond substituents is 1. The Morgan fingerprint density at radius 1 is 0.688 bits per heavy atom. The van der Waals surface area contributed by atoms with Gasteiger partial charge in [-0.2, -0.15) is 0 Å². The van der Waals surface area contributed by atoms with E-state index in [9.17, 15) is 5.11 Å². The number of hydrogen-bond acceptors (Lipinski definition) is 3. The van der Waals surface area contributed by atoms with Crippen molar-refractivity contribution in [3.63, 3.8) is 0 Å². The number of hydrogen-bond donors (Lipinski definition) is 2. The van der Waals surface area contributed by atoms with Crippen LogP contribution in [-0.4, -0.2) is 29.6 Å². The minimum atomic E-state index is -2.41. The van der Waals surface area contributed by atoms with E-state index in [1.165, 1.54) is 15.9 Å². The molecule has 0 fully saturated rings. The molecule has 2 N–H and O–H groups in total. The number of aliphatic imine (C=N–C) groups is 1. The van der Waals surface area contributed by atoms with E-state index < -0.39 is 7.26 Å². The second-order valence-corrected chi connectivity index (χ2v) is 11.7. The Hall–Kier alpha value is -3.26. The molecule has 4 aromatic rings. The molecule has 0 saturated carbocycles. The molecule has 0 aromatic heterocycles. The summed E-state index contributed by atoms with van der Waals surface area (Å²) in [5, 5.41) is 23.4. The van der Waals surface area contributed by atoms with Gasteiger partial charge in [0, 0.05) is 0 Å². The van der Waals surface area contributed by atoms with Crippen LogP contribution in [0.15, 0.2) is 114 Å². The van der Waals surface area contributed by atoms with Gasteiger partial charge in [0.2, 0.25) is 0 Å². The monoisotopic (exact) mass is 441 g/mol. The fourth-order valence-electron chi connectivity index (χ4n) is 4.32. The molecule has 0 bridgehead atoms. The van der Waals surface area contributed by atoms with Crippen LogP contribution in [0.4, 0.5) is 0 Å². The van der Waals surface area contributed by atoms with Crippen LogP contribution in [0, 0.1) is 0 Å². The van der Waals surface area contributed by atoms with Crippen LogP contribution < -0.4 is 15.9 Å². The van der Waals surface area contributed by atoms with Gasteiger partial charge in [0.25, 0.3) is 0 Å². The van der Waals surface area contributed by atoms with Crippen molar-refractivity contribution in [2.45, 2.75) is 6.16 Å². The van der Waals surface area contributed by atoms with E-state index in [4.69, 9.17) is 5.11 Å². The normalized spacial score (nSPS) is 12.2. The van der Waals surface area contributed by atoms with Crippen LogP contribution in [0.2, 0.25) is 0 Å². The van der Waals surface area contributed by atoms with E-state index in [0.717, 1.165) is 11.7 Å². The number of aromatic hydroxyl groups is 1. The topological polar surface area (TPSA) is 52.8 Å². The van der Waals surface area contributed by atoms with Crippen LogP contribution >= 0.6 is 7.26 Å². The molecule has 162 valence electrons. The summed E-state index contributed by atoms with van der Waals surface area (Å²) in [6, 6.07) is 38.2. The number of benzene rings is 4. The molecule has 4 aromatic carbocycles. The van der Waals surface area contributed by atoms with Gasteiger partial charge in [-0.15, -0.1) is 0 Å². The summed E-state index contributed by atoms with van der Waals surface area (Å²) in [7, 11) is -2.41. The average Bonchev–Trinajstić information content (AvgIpc) is 2.86. The van der Waals surface area contributed by atoms with Gasteiger partial charge >= 0.3 is 190 Å². The van der Waals surface area contributed by atoms with E-state index >= 15 is 0 Å². The van der Waals surface area contributed by atoms with E-state index in [0.29, 0.717) is 12.1 Å². The third-order valence-electron chi connectivity index (χ3n) is 5.82. The van der Waals surface area contributed by atoms with Gasteiger partial charge in [-0.3, -0.25) is 0 Å². The summed E-state index contributed by atoms with van der Waals surface area (Å²) < 4.78 is 0. The molecule has 0 heterocycles. The SMILES string of the molecule is OCC/N=C/c1cc(C[PH](c2ccccc2)(c2ccccc2)c2ccccc2)ccc1O. The summed E-state index contributed by atoms with van der Waals surface area (Å²) in [4.78, 5) is 4.21. The van der Waals surface area contributed by atoms with Gasteiger partial charge in [0.15, 0.2) is 0 Å². The first-order chi connectivity index (χ1) is 15.7. The number of aliphatic hydroxyl groups excluding tert-OH is 1. The van der Waals surface area contributed by atoms with Crippen molar-refractivity contribution < 1.29 is 10.2 Å². The van der Waals surface area contributed by atoms with Crippen molar-refractivity contribution in [1.29, 1.82) is 0 Å². The third kappa shape index (κ3) is 4.65. The van der Waals surface area contributed by atoms with Crippen molar-refractivity contribution >= 4 is 29.4 Å². The number of aliphatic hydroxyl groups is 1. The van der Waals surface area contributed by atoms with Crippen molar-refractivity contribution in [2.24, 2.45) is 4.99 Å². The second-order valence-electron chi connectivity index (χ2n) is 7.83. The van der Waals surface area contributed by atoms with E-state index in [1.54, 1.807) is 12.3 Å². The van der Waals surface area contributed by atoms with E-state index in [2.05, 4.69) is 96.0 Å². The quantitative estimate of drug-likeness (QED) is 0.320. The van der Waals surface area contributed by atoms with Gasteiger partial charge in [0.05, 0.1) is 0 Å². The molecule has 0 aliphatic rings. The predicted molar refractivity (Wildman–Crippen MR) is 138 cm³/mol. The van der Waals surface area contributed by atoms with Crippen LogP contribution in [0.25, 0.3) is 0 Å². The molecular weight excluding hydrogens is 413 g/mol. The Morgan fingerprint density at radius 2 is 1.19 bits per heavy atom. The van der Waals surface area contributed by atoms with E-state index in [-0.39, 0.29) is 12.4 Å². The summed E-state index contributed by atoms with van der Waals surface area (Å²) in [6.07, 6.45) is 2.50. The number of phenols is 1. The van der Waals surface area contributed by atoms with Gasteiger partial charge < -0.3 is 0 Å². The van der Waals surface area contributed by atoms with Gasteiger partial charge in [0.1, 0.15) is 0 Å². The summed E-state index contributed by atoms with van der Waals surface area (Å²) >= 11 is 0. The fraction of sp³-hybridized carbons (Fsp3) is 0.107. The Kier molecular flexibility index (Phi) is 7.11. The van der Waals surface area contributed by atoms with Gasteiger partial charge in [-0.1, -0.05) is 0 Å². The van der Waals surface area contributed by atoms with E-state index in [1.807, 2.05) is 12.1 Å². The molecule has 0 atom stereocenters. The van der Waals surface area contributed by atoms with Crippen molar-refractivity contribution in [2.75, 3.05) is 13.2 Å². The maximum absolute atomic E-state index is 10.3. The van der Waals surface area contributed by atoms with Crippen LogP contribution in [0.5, 0.6) is 5.75 Å². The van der Waals surface area contributed by atoms with Crippen molar-refractivity contribution in [1.82, 2.24) is 0 Å². The van der Waals surface area contributed by atoms with Gasteiger partial charge in [-0.25, -0.2) is 0 Å². The molecule has 0 aliphatic heterocycles. The predicted octanol–water partition coefficient (Wildman–Crippen LogP) is 4.03. The Morgan fingerprint density at radius 3 is 1.66 bits per heavy atom. The molecule has 0 saturated heterocycles. The van der Waals surface area contributed by atoms with Crippen molar-refractivity contribution in [3.8, 4) is 5.75 Å². The zero-order valence-corrected chi connectivity index (χ0v) is 18.9. The zero-order valence-electron chi connectivity index (χ0n) is 17.9. The summed E-state index contributed by atoms with van der Waals surface area (Å²) in [6.45, 7) is 0.309. The summed E-state index contributed by atoms with van der Waals surface area (Å²) in [5.74, 6) is 0.196. The molecule has 4 rings (SSSR count). The number of rotatable bonds is 8. The molecule has 0 radical (unpaired) electrons. The first-order valence-electron chi connectivity index (χ1n) is 10.8. The van der Waals surface area contributed by atoms with Crippen LogP contribution in [-0.2, 0) is 6.16 Å². The van der Waals surface area contributed by atoms with Crippen LogP contribution in [0.1, 0.15) is 11.1 Å². The van der Waals surface area contributed by atoms with Crippen molar-refractivity contribution in [3.05, 3.63) is 120 Å². The zero-order chi connectivity index (χ0) is 22.2. The Balaban J connectivity index is 1.90. The molecule has 0 aliphatic carbocycles. The third-order valence-corrected chi connectivity index (χ3v) is 10.7. The van der Waals surface area contributed by atoms with Crippen LogP contribution in [0.3, 0.4) is 0 Å². The standard InChI is InChI=1S/C28H28NO2P/c30-19-18-29-21-24-20-23(16-17-28(24)31)22-32(25-10-4-1-5-11-25,26-12-6-2-7-13-26)27-14-8-3-9-15-27/h1-17,20-21,30-32H,18-19,22H2/b29-21+. The fourth-order valence-corrected chi connectivity index (χ4v) is 9.05. The first kappa shape index (κ1) is 22.0. The second kappa shape index (κ2) is 10.4. The van der Waals surface area contributed by atoms with Gasteiger partial charge in [-0.05, 0) is 0 Å². The maximum atomic E-state index is 10.3. The molecule has 0 unspecified atom stereocenters.